The lowest BCUT2D eigenvalue weighted by Crippen LogP contribution is -2.42. The highest BCUT2D eigenvalue weighted by Gasteiger charge is 2.45. The van der Waals surface area contributed by atoms with E-state index < -0.39 is 0 Å². The summed E-state index contributed by atoms with van der Waals surface area (Å²) in [6, 6.07) is 0. The summed E-state index contributed by atoms with van der Waals surface area (Å²) < 4.78 is 0. The number of rotatable bonds is 0. The lowest BCUT2D eigenvalue weighted by atomic mass is 9.73. The molecule has 2 rings (SSSR count). The SMILES string of the molecule is C=C1CC(C)(C)PC2(C)CCCCC12. The van der Waals surface area contributed by atoms with E-state index in [2.05, 4.69) is 27.4 Å². The van der Waals surface area contributed by atoms with E-state index in [4.69, 9.17) is 0 Å². The molecule has 0 aromatic carbocycles. The van der Waals surface area contributed by atoms with Crippen molar-refractivity contribution < 1.29 is 0 Å². The molecule has 80 valence electrons. The number of fused-ring (bicyclic) bond motifs is 1. The second-order valence-electron chi connectivity index (χ2n) is 6.06. The zero-order chi connectivity index (χ0) is 10.4. The molecule has 1 aliphatic carbocycles. The van der Waals surface area contributed by atoms with Crippen LogP contribution in [0.25, 0.3) is 0 Å². The van der Waals surface area contributed by atoms with Crippen LogP contribution in [0.5, 0.6) is 0 Å². The minimum absolute atomic E-state index is 0.527. The zero-order valence-electron chi connectivity index (χ0n) is 9.82. The molecule has 2 aliphatic rings. The van der Waals surface area contributed by atoms with Crippen molar-refractivity contribution in [3.63, 3.8) is 0 Å². The fraction of sp³-hybridized carbons (Fsp3) is 0.846. The quantitative estimate of drug-likeness (QED) is 0.412. The first kappa shape index (κ1) is 10.7. The van der Waals surface area contributed by atoms with Crippen molar-refractivity contribution in [3.8, 4) is 0 Å². The van der Waals surface area contributed by atoms with Crippen molar-refractivity contribution in [3.05, 3.63) is 12.2 Å². The van der Waals surface area contributed by atoms with Crippen LogP contribution >= 0.6 is 8.58 Å². The minimum atomic E-state index is 0.527. The van der Waals surface area contributed by atoms with Crippen LogP contribution in [0, 0.1) is 5.92 Å². The normalized spacial score (nSPS) is 43.6. The molecule has 1 saturated heterocycles. The van der Waals surface area contributed by atoms with E-state index in [0.29, 0.717) is 10.3 Å². The monoisotopic (exact) mass is 210 g/mol. The van der Waals surface area contributed by atoms with Crippen LogP contribution in [0.2, 0.25) is 0 Å². The topological polar surface area (TPSA) is 0 Å². The summed E-state index contributed by atoms with van der Waals surface area (Å²) in [5.74, 6) is 0.850. The summed E-state index contributed by atoms with van der Waals surface area (Å²) in [4.78, 5) is 0. The number of hydrogen-bond acceptors (Lipinski definition) is 0. The third-order valence-corrected chi connectivity index (χ3v) is 6.02. The molecule has 1 heteroatoms. The molecule has 0 aromatic heterocycles. The maximum Gasteiger partial charge on any atom is -0.00800 e. The van der Waals surface area contributed by atoms with Gasteiger partial charge in [0.05, 0.1) is 0 Å². The van der Waals surface area contributed by atoms with Crippen molar-refractivity contribution in [1.29, 1.82) is 0 Å². The van der Waals surface area contributed by atoms with E-state index in [-0.39, 0.29) is 0 Å². The Bertz CT molecular complexity index is 254. The zero-order valence-corrected chi connectivity index (χ0v) is 10.8. The summed E-state index contributed by atoms with van der Waals surface area (Å²) in [7, 11) is 1.14. The van der Waals surface area contributed by atoms with E-state index >= 15 is 0 Å². The van der Waals surface area contributed by atoms with Gasteiger partial charge in [-0.25, -0.2) is 0 Å². The summed E-state index contributed by atoms with van der Waals surface area (Å²) in [6.45, 7) is 11.7. The predicted molar refractivity (Wildman–Crippen MR) is 66.5 cm³/mol. The van der Waals surface area contributed by atoms with Gasteiger partial charge in [0, 0.05) is 0 Å². The first-order chi connectivity index (χ1) is 6.43. The molecular weight excluding hydrogens is 187 g/mol. The molecule has 0 N–H and O–H groups in total. The number of allylic oxidation sites excluding steroid dienone is 1. The van der Waals surface area contributed by atoms with Crippen LogP contribution in [0.15, 0.2) is 12.2 Å². The Morgan fingerprint density at radius 2 is 2.00 bits per heavy atom. The highest BCUT2D eigenvalue weighted by Crippen LogP contribution is 2.61. The second kappa shape index (κ2) is 3.34. The van der Waals surface area contributed by atoms with Gasteiger partial charge in [0.1, 0.15) is 0 Å². The van der Waals surface area contributed by atoms with Gasteiger partial charge in [0.25, 0.3) is 0 Å². The maximum absolute atomic E-state index is 4.34. The summed E-state index contributed by atoms with van der Waals surface area (Å²) in [6.07, 6.45) is 7.01. The van der Waals surface area contributed by atoms with Crippen LogP contribution in [-0.2, 0) is 0 Å². The molecule has 1 heterocycles. The molecule has 14 heavy (non-hydrogen) atoms. The molecule has 1 saturated carbocycles. The van der Waals surface area contributed by atoms with Gasteiger partial charge in [-0.3, -0.25) is 0 Å². The molecule has 0 nitrogen and oxygen atoms in total. The van der Waals surface area contributed by atoms with Crippen LogP contribution in [0.1, 0.15) is 52.9 Å². The Morgan fingerprint density at radius 1 is 1.29 bits per heavy atom. The van der Waals surface area contributed by atoms with E-state index in [9.17, 15) is 0 Å². The van der Waals surface area contributed by atoms with Crippen molar-refractivity contribution in [1.82, 2.24) is 0 Å². The Labute approximate surface area is 90.3 Å². The average Bonchev–Trinajstić information content (AvgIpc) is 1.99. The Hall–Kier alpha value is 0.170. The van der Waals surface area contributed by atoms with Crippen LogP contribution in [-0.4, -0.2) is 10.3 Å². The maximum atomic E-state index is 4.34. The van der Waals surface area contributed by atoms with E-state index in [0.717, 1.165) is 14.5 Å². The molecular formula is C13H23P. The van der Waals surface area contributed by atoms with Crippen LogP contribution in [0.3, 0.4) is 0 Å². The molecule has 0 spiro atoms. The standard InChI is InChI=1S/C13H23P/c1-10-9-12(2,3)14-13(4)8-6-5-7-11(10)13/h11,14H,1,5-9H2,2-4H3. The first-order valence-corrected chi connectivity index (χ1v) is 6.90. The van der Waals surface area contributed by atoms with Gasteiger partial charge in [0.15, 0.2) is 0 Å². The minimum Gasteiger partial charge on any atom is -0.109 e. The highest BCUT2D eigenvalue weighted by atomic mass is 31.1. The molecule has 0 amide bonds. The smallest absolute Gasteiger partial charge is 0.00800 e. The third kappa shape index (κ3) is 1.78. The van der Waals surface area contributed by atoms with E-state index in [1.807, 2.05) is 0 Å². The lowest BCUT2D eigenvalue weighted by Gasteiger charge is -2.52. The van der Waals surface area contributed by atoms with Crippen molar-refractivity contribution in [2.45, 2.75) is 63.2 Å². The molecule has 0 radical (unpaired) electrons. The summed E-state index contributed by atoms with van der Waals surface area (Å²) in [5, 5.41) is 1.14. The van der Waals surface area contributed by atoms with Crippen molar-refractivity contribution >= 4 is 8.58 Å². The fourth-order valence-electron chi connectivity index (χ4n) is 3.65. The molecule has 3 atom stereocenters. The van der Waals surface area contributed by atoms with Crippen molar-refractivity contribution in [2.24, 2.45) is 5.92 Å². The van der Waals surface area contributed by atoms with Crippen LogP contribution < -0.4 is 0 Å². The Kier molecular flexibility index (Phi) is 2.55. The van der Waals surface area contributed by atoms with Gasteiger partial charge >= 0.3 is 0 Å². The Morgan fingerprint density at radius 3 is 2.71 bits per heavy atom. The summed E-state index contributed by atoms with van der Waals surface area (Å²) in [5.41, 5.74) is 1.55. The van der Waals surface area contributed by atoms with Crippen molar-refractivity contribution in [2.75, 3.05) is 0 Å². The fourth-order valence-corrected chi connectivity index (χ4v) is 6.33. The molecule has 0 aromatic rings. The van der Waals surface area contributed by atoms with E-state index in [1.165, 1.54) is 32.1 Å². The third-order valence-electron chi connectivity index (χ3n) is 3.99. The van der Waals surface area contributed by atoms with Gasteiger partial charge in [0.2, 0.25) is 0 Å². The van der Waals surface area contributed by atoms with E-state index in [1.54, 1.807) is 5.57 Å². The molecule has 2 fully saturated rings. The van der Waals surface area contributed by atoms with Gasteiger partial charge in [-0.2, -0.15) is 0 Å². The van der Waals surface area contributed by atoms with Gasteiger partial charge in [-0.05, 0) is 35.5 Å². The molecule has 1 aliphatic heterocycles. The molecule has 0 bridgehead atoms. The Balaban J connectivity index is 2.25. The summed E-state index contributed by atoms with van der Waals surface area (Å²) >= 11 is 0. The number of hydrogen-bond donors (Lipinski definition) is 0. The van der Waals surface area contributed by atoms with Crippen LogP contribution in [0.4, 0.5) is 0 Å². The predicted octanol–water partition coefficient (Wildman–Crippen LogP) is 4.35. The lowest BCUT2D eigenvalue weighted by molar-refractivity contribution is 0.299. The van der Waals surface area contributed by atoms with Gasteiger partial charge in [-0.1, -0.05) is 45.8 Å². The first-order valence-electron chi connectivity index (χ1n) is 5.90. The van der Waals surface area contributed by atoms with Gasteiger partial charge < -0.3 is 0 Å². The van der Waals surface area contributed by atoms with Gasteiger partial charge in [-0.15, -0.1) is 8.58 Å². The highest BCUT2D eigenvalue weighted by molar-refractivity contribution is 7.42. The largest absolute Gasteiger partial charge is 0.109 e. The average molecular weight is 210 g/mol. The molecule has 3 unspecified atom stereocenters. The second-order valence-corrected chi connectivity index (χ2v) is 8.81.